The van der Waals surface area contributed by atoms with E-state index in [-0.39, 0.29) is 12.4 Å². The van der Waals surface area contributed by atoms with Gasteiger partial charge in [-0.3, -0.25) is 4.79 Å². The number of hydrogen-bond donors (Lipinski definition) is 0. The quantitative estimate of drug-likeness (QED) is 0.239. The van der Waals surface area contributed by atoms with Crippen molar-refractivity contribution in [1.82, 2.24) is 0 Å². The molecule has 4 heteroatoms. The minimum Gasteiger partial charge on any atom is -0.438 e. The molecule has 0 aromatic heterocycles. The van der Waals surface area contributed by atoms with Crippen molar-refractivity contribution < 1.29 is 19.1 Å². The molecule has 0 aliphatic rings. The average Bonchev–Trinajstić information content (AvgIpc) is 2.53. The SMILES string of the molecule is COC(=O)OC/C=C/CCC/C=C\C(=O)c1ccccc1. The molecule has 0 fully saturated rings. The number of carbonyl (C=O) groups excluding carboxylic acids is 2. The van der Waals surface area contributed by atoms with Crippen LogP contribution in [0.25, 0.3) is 0 Å². The summed E-state index contributed by atoms with van der Waals surface area (Å²) in [5.41, 5.74) is 0.702. The van der Waals surface area contributed by atoms with Gasteiger partial charge in [0.2, 0.25) is 0 Å². The van der Waals surface area contributed by atoms with Crippen LogP contribution < -0.4 is 0 Å². The van der Waals surface area contributed by atoms with Gasteiger partial charge in [0.25, 0.3) is 0 Å². The third kappa shape index (κ3) is 7.72. The first-order valence-corrected chi connectivity index (χ1v) is 6.85. The van der Waals surface area contributed by atoms with Gasteiger partial charge in [0.1, 0.15) is 6.61 Å². The second-order valence-electron chi connectivity index (χ2n) is 4.30. The van der Waals surface area contributed by atoms with Crippen molar-refractivity contribution in [2.75, 3.05) is 13.7 Å². The van der Waals surface area contributed by atoms with E-state index in [0.717, 1.165) is 19.3 Å². The molecule has 0 spiro atoms. The average molecular weight is 288 g/mol. The zero-order valence-corrected chi connectivity index (χ0v) is 12.2. The number of carbonyl (C=O) groups is 2. The molecular weight excluding hydrogens is 268 g/mol. The Morgan fingerprint density at radius 1 is 1.05 bits per heavy atom. The molecule has 0 amide bonds. The third-order valence-electron chi connectivity index (χ3n) is 2.70. The standard InChI is InChI=1S/C17H20O4/c1-20-17(19)21-14-10-5-3-2-4-9-13-16(18)15-11-7-6-8-12-15/h5-13H,2-4,14H2,1H3/b10-5+,13-9-. The van der Waals surface area contributed by atoms with Crippen molar-refractivity contribution >= 4 is 11.9 Å². The van der Waals surface area contributed by atoms with Crippen molar-refractivity contribution in [3.63, 3.8) is 0 Å². The summed E-state index contributed by atoms with van der Waals surface area (Å²) >= 11 is 0. The largest absolute Gasteiger partial charge is 0.508 e. The number of benzene rings is 1. The van der Waals surface area contributed by atoms with Crippen molar-refractivity contribution in [2.24, 2.45) is 0 Å². The van der Waals surface area contributed by atoms with Gasteiger partial charge in [-0.15, -0.1) is 0 Å². The molecule has 0 N–H and O–H groups in total. The molecule has 0 aliphatic carbocycles. The maximum absolute atomic E-state index is 11.7. The molecule has 0 saturated heterocycles. The molecule has 0 heterocycles. The van der Waals surface area contributed by atoms with Crippen LogP contribution in [0.2, 0.25) is 0 Å². The fraction of sp³-hybridized carbons (Fsp3) is 0.294. The Morgan fingerprint density at radius 3 is 2.48 bits per heavy atom. The molecule has 4 nitrogen and oxygen atoms in total. The first-order valence-electron chi connectivity index (χ1n) is 6.85. The zero-order chi connectivity index (χ0) is 15.3. The molecule has 0 radical (unpaired) electrons. The number of allylic oxidation sites excluding steroid dienone is 3. The highest BCUT2D eigenvalue weighted by molar-refractivity contribution is 6.04. The van der Waals surface area contributed by atoms with E-state index in [0.29, 0.717) is 5.56 Å². The highest BCUT2D eigenvalue weighted by Gasteiger charge is 1.98. The van der Waals surface area contributed by atoms with Crippen LogP contribution in [0.1, 0.15) is 29.6 Å². The van der Waals surface area contributed by atoms with Gasteiger partial charge in [-0.1, -0.05) is 48.6 Å². The van der Waals surface area contributed by atoms with Gasteiger partial charge in [-0.2, -0.15) is 0 Å². The van der Waals surface area contributed by atoms with Gasteiger partial charge in [-0.05, 0) is 25.3 Å². The highest BCUT2D eigenvalue weighted by Crippen LogP contribution is 2.03. The van der Waals surface area contributed by atoms with Crippen LogP contribution in [0.3, 0.4) is 0 Å². The molecule has 112 valence electrons. The van der Waals surface area contributed by atoms with Gasteiger partial charge < -0.3 is 9.47 Å². The van der Waals surface area contributed by atoms with Gasteiger partial charge in [0.05, 0.1) is 7.11 Å². The minimum atomic E-state index is -0.679. The molecular formula is C17H20O4. The van der Waals surface area contributed by atoms with Crippen LogP contribution in [0.15, 0.2) is 54.6 Å². The fourth-order valence-corrected chi connectivity index (χ4v) is 1.60. The topological polar surface area (TPSA) is 52.6 Å². The molecule has 1 aromatic carbocycles. The summed E-state index contributed by atoms with van der Waals surface area (Å²) < 4.78 is 9.03. The summed E-state index contributed by atoms with van der Waals surface area (Å²) in [5.74, 6) is 0.0256. The first-order chi connectivity index (χ1) is 10.2. The Bertz CT molecular complexity index is 489. The highest BCUT2D eigenvalue weighted by atomic mass is 16.7. The van der Waals surface area contributed by atoms with Crippen LogP contribution in [0.5, 0.6) is 0 Å². The Hall–Kier alpha value is -2.36. The second kappa shape index (κ2) is 10.4. The summed E-state index contributed by atoms with van der Waals surface area (Å²) in [4.78, 5) is 22.4. The van der Waals surface area contributed by atoms with E-state index in [1.807, 2.05) is 30.4 Å². The van der Waals surface area contributed by atoms with E-state index < -0.39 is 6.16 Å². The Morgan fingerprint density at radius 2 is 1.76 bits per heavy atom. The van der Waals surface area contributed by atoms with E-state index in [2.05, 4.69) is 4.74 Å². The monoisotopic (exact) mass is 288 g/mol. The summed E-state index contributed by atoms with van der Waals surface area (Å²) in [6.45, 7) is 0.217. The zero-order valence-electron chi connectivity index (χ0n) is 12.2. The van der Waals surface area contributed by atoms with Crippen LogP contribution in [0.4, 0.5) is 4.79 Å². The van der Waals surface area contributed by atoms with E-state index in [1.54, 1.807) is 24.3 Å². The van der Waals surface area contributed by atoms with Crippen LogP contribution in [-0.4, -0.2) is 25.7 Å². The maximum Gasteiger partial charge on any atom is 0.508 e. The molecule has 21 heavy (non-hydrogen) atoms. The fourth-order valence-electron chi connectivity index (χ4n) is 1.60. The Kier molecular flexibility index (Phi) is 8.29. The number of hydrogen-bond acceptors (Lipinski definition) is 4. The lowest BCUT2D eigenvalue weighted by molar-refractivity contribution is 0.0817. The van der Waals surface area contributed by atoms with Gasteiger partial charge in [0, 0.05) is 5.56 Å². The Balaban J connectivity index is 2.11. The summed E-state index contributed by atoms with van der Waals surface area (Å²) in [5, 5.41) is 0. The van der Waals surface area contributed by atoms with E-state index >= 15 is 0 Å². The predicted octanol–water partition coefficient (Wildman–Crippen LogP) is 3.94. The smallest absolute Gasteiger partial charge is 0.438 e. The Labute approximate surface area is 125 Å². The number of methoxy groups -OCH3 is 1. The molecule has 0 atom stereocenters. The van der Waals surface area contributed by atoms with Crippen molar-refractivity contribution in [3.8, 4) is 0 Å². The van der Waals surface area contributed by atoms with Gasteiger partial charge in [0.15, 0.2) is 5.78 Å². The summed E-state index contributed by atoms with van der Waals surface area (Å²) in [6, 6.07) is 9.19. The van der Waals surface area contributed by atoms with Gasteiger partial charge in [-0.25, -0.2) is 4.79 Å². The van der Waals surface area contributed by atoms with Crippen molar-refractivity contribution in [1.29, 1.82) is 0 Å². The molecule has 1 aromatic rings. The third-order valence-corrected chi connectivity index (χ3v) is 2.70. The predicted molar refractivity (Wildman–Crippen MR) is 81.3 cm³/mol. The molecule has 0 aliphatic heterocycles. The van der Waals surface area contributed by atoms with Crippen molar-refractivity contribution in [2.45, 2.75) is 19.3 Å². The lowest BCUT2D eigenvalue weighted by Gasteiger charge is -1.97. The molecule has 0 saturated carbocycles. The minimum absolute atomic E-state index is 0.0256. The van der Waals surface area contributed by atoms with Crippen LogP contribution in [-0.2, 0) is 9.47 Å². The van der Waals surface area contributed by atoms with Crippen LogP contribution in [0, 0.1) is 0 Å². The van der Waals surface area contributed by atoms with E-state index in [4.69, 9.17) is 4.74 Å². The van der Waals surface area contributed by atoms with Crippen LogP contribution >= 0.6 is 0 Å². The number of ketones is 1. The normalized spacial score (nSPS) is 10.9. The summed E-state index contributed by atoms with van der Waals surface area (Å²) in [7, 11) is 1.27. The second-order valence-corrected chi connectivity index (χ2v) is 4.30. The number of rotatable bonds is 8. The first kappa shape index (κ1) is 16.7. The molecule has 0 unspecified atom stereocenters. The number of ether oxygens (including phenoxy) is 2. The molecule has 0 bridgehead atoms. The van der Waals surface area contributed by atoms with Gasteiger partial charge >= 0.3 is 6.16 Å². The summed E-state index contributed by atoms with van der Waals surface area (Å²) in [6.07, 6.45) is 9.17. The van der Waals surface area contributed by atoms with Crippen molar-refractivity contribution in [3.05, 3.63) is 60.2 Å². The van der Waals surface area contributed by atoms with E-state index in [1.165, 1.54) is 7.11 Å². The molecule has 1 rings (SSSR count). The maximum atomic E-state index is 11.7. The lowest BCUT2D eigenvalue weighted by atomic mass is 10.1. The number of unbranched alkanes of at least 4 members (excludes halogenated alkanes) is 2. The lowest BCUT2D eigenvalue weighted by Crippen LogP contribution is -2.03. The van der Waals surface area contributed by atoms with E-state index in [9.17, 15) is 9.59 Å².